The van der Waals surface area contributed by atoms with Gasteiger partial charge in [0.1, 0.15) is 11.1 Å². The van der Waals surface area contributed by atoms with Gasteiger partial charge in [-0.3, -0.25) is 9.69 Å². The normalized spacial score (nSPS) is 17.0. The second-order valence-electron chi connectivity index (χ2n) is 8.20. The highest BCUT2D eigenvalue weighted by Gasteiger charge is 2.31. The van der Waals surface area contributed by atoms with E-state index in [4.69, 9.17) is 0 Å². The van der Waals surface area contributed by atoms with Crippen LogP contribution in [0.4, 0.5) is 23.9 Å². The van der Waals surface area contributed by atoms with Crippen molar-refractivity contribution in [2.24, 2.45) is 0 Å². The number of fused-ring (bicyclic) bond motifs is 1. The van der Waals surface area contributed by atoms with Gasteiger partial charge >= 0.3 is 6.18 Å². The summed E-state index contributed by atoms with van der Waals surface area (Å²) in [4.78, 5) is 17.8. The highest BCUT2D eigenvalue weighted by Crippen LogP contribution is 2.37. The molecule has 1 N–H and O–H groups in total. The van der Waals surface area contributed by atoms with Crippen LogP contribution >= 0.6 is 11.3 Å². The fourth-order valence-electron chi connectivity index (χ4n) is 4.33. The van der Waals surface area contributed by atoms with Gasteiger partial charge in [-0.15, -0.1) is 11.3 Å². The predicted molar refractivity (Wildman–Crippen MR) is 119 cm³/mol. The molecule has 5 nitrogen and oxygen atoms in total. The van der Waals surface area contributed by atoms with Crippen LogP contribution in [0.1, 0.15) is 40.8 Å². The number of hydrogen-bond donors (Lipinski definition) is 1. The Morgan fingerprint density at radius 2 is 1.91 bits per heavy atom. The molecule has 2 heterocycles. The molecule has 1 aromatic heterocycles. The molecule has 1 fully saturated rings. The van der Waals surface area contributed by atoms with E-state index in [1.54, 1.807) is 6.07 Å². The largest absolute Gasteiger partial charge is 0.416 e. The number of carbonyl (C=O) groups is 1. The van der Waals surface area contributed by atoms with Gasteiger partial charge in [0, 0.05) is 49.7 Å². The highest BCUT2D eigenvalue weighted by atomic mass is 32.1. The van der Waals surface area contributed by atoms with Crippen LogP contribution in [0.3, 0.4) is 0 Å². The number of alkyl halides is 3. The van der Waals surface area contributed by atoms with Crippen LogP contribution in [0, 0.1) is 11.3 Å². The third-order valence-electron chi connectivity index (χ3n) is 6.10. The number of benzene rings is 1. The lowest BCUT2D eigenvalue weighted by molar-refractivity contribution is -0.137. The number of thiophene rings is 1. The molecule has 170 valence electrons. The van der Waals surface area contributed by atoms with Crippen molar-refractivity contribution in [3.8, 4) is 6.07 Å². The number of nitrogens with one attached hydrogen (secondary N) is 1. The van der Waals surface area contributed by atoms with E-state index < -0.39 is 11.7 Å². The Morgan fingerprint density at radius 3 is 2.62 bits per heavy atom. The van der Waals surface area contributed by atoms with Crippen LogP contribution in [-0.4, -0.2) is 43.5 Å². The summed E-state index contributed by atoms with van der Waals surface area (Å²) in [5.41, 5.74) is 1.65. The van der Waals surface area contributed by atoms with Gasteiger partial charge < -0.3 is 10.2 Å². The molecule has 1 aliphatic heterocycles. The Morgan fingerprint density at radius 1 is 1.16 bits per heavy atom. The average Bonchev–Trinajstić information content (AvgIpc) is 3.14. The molecule has 0 saturated carbocycles. The average molecular weight is 463 g/mol. The van der Waals surface area contributed by atoms with Crippen LogP contribution in [-0.2, 0) is 23.8 Å². The van der Waals surface area contributed by atoms with Crippen molar-refractivity contribution in [3.63, 3.8) is 0 Å². The summed E-state index contributed by atoms with van der Waals surface area (Å²) in [5, 5.41) is 13.1. The molecule has 1 amide bonds. The molecule has 1 saturated heterocycles. The molecule has 0 bridgehead atoms. The minimum absolute atomic E-state index is 0.111. The topological polar surface area (TPSA) is 59.4 Å². The minimum atomic E-state index is -4.35. The lowest BCUT2D eigenvalue weighted by atomic mass is 9.96. The van der Waals surface area contributed by atoms with Gasteiger partial charge in [-0.2, -0.15) is 18.4 Å². The van der Waals surface area contributed by atoms with Crippen molar-refractivity contribution < 1.29 is 18.0 Å². The van der Waals surface area contributed by atoms with Crippen LogP contribution in [0.15, 0.2) is 24.3 Å². The van der Waals surface area contributed by atoms with Gasteiger partial charge in [-0.1, -0.05) is 6.07 Å². The Labute approximate surface area is 189 Å². The molecule has 1 aromatic carbocycles. The van der Waals surface area contributed by atoms with Crippen molar-refractivity contribution in [1.29, 1.82) is 5.26 Å². The monoisotopic (exact) mass is 462 g/mol. The van der Waals surface area contributed by atoms with Crippen LogP contribution in [0.5, 0.6) is 0 Å². The number of anilines is 2. The summed E-state index contributed by atoms with van der Waals surface area (Å²) in [5.74, 6) is -0.111. The van der Waals surface area contributed by atoms with Gasteiger partial charge in [-0.25, -0.2) is 0 Å². The fraction of sp³-hybridized carbons (Fsp3) is 0.478. The zero-order chi connectivity index (χ0) is 22.7. The number of hydrogen-bond acceptors (Lipinski definition) is 5. The molecule has 32 heavy (non-hydrogen) atoms. The molecule has 2 aromatic rings. The first-order valence-corrected chi connectivity index (χ1v) is 11.7. The molecule has 0 unspecified atom stereocenters. The van der Waals surface area contributed by atoms with Gasteiger partial charge in [0.2, 0.25) is 5.91 Å². The first-order valence-electron chi connectivity index (χ1n) is 10.8. The van der Waals surface area contributed by atoms with Gasteiger partial charge in [0.15, 0.2) is 0 Å². The maximum atomic E-state index is 13.0. The smallest absolute Gasteiger partial charge is 0.369 e. The molecular formula is C23H25F3N4OS. The van der Waals surface area contributed by atoms with Gasteiger partial charge in [0.25, 0.3) is 0 Å². The quantitative estimate of drug-likeness (QED) is 0.702. The lowest BCUT2D eigenvalue weighted by Crippen LogP contribution is -2.47. The number of aryl methyl sites for hydroxylation is 1. The van der Waals surface area contributed by atoms with Gasteiger partial charge in [-0.05, 0) is 49.4 Å². The number of carbonyl (C=O) groups excluding carboxylic acids is 1. The van der Waals surface area contributed by atoms with E-state index in [0.29, 0.717) is 55.4 Å². The SMILES string of the molecule is N#Cc1c(NC(=O)CCN2CCN(c3cccc(C(F)(F)F)c3)CC2)sc2c1CCCC2. The molecular weight excluding hydrogens is 437 g/mol. The standard InChI is InChI=1S/C23H25F3N4OS/c24-23(25,26)16-4-3-5-17(14-16)30-12-10-29(11-13-30)9-8-21(31)28-22-19(15-27)18-6-1-2-7-20(18)32-22/h3-5,14H,1-2,6-13H2,(H,28,31). The van der Waals surface area contributed by atoms with E-state index in [-0.39, 0.29) is 5.91 Å². The number of nitrogens with zero attached hydrogens (tertiary/aromatic N) is 3. The van der Waals surface area contributed by atoms with Crippen LogP contribution in [0.2, 0.25) is 0 Å². The lowest BCUT2D eigenvalue weighted by Gasteiger charge is -2.36. The van der Waals surface area contributed by atoms with Crippen molar-refractivity contribution in [1.82, 2.24) is 4.90 Å². The summed E-state index contributed by atoms with van der Waals surface area (Å²) < 4.78 is 38.9. The number of amides is 1. The molecule has 4 rings (SSSR count). The van der Waals surface area contributed by atoms with Crippen molar-refractivity contribution in [2.45, 2.75) is 38.3 Å². The van der Waals surface area contributed by atoms with E-state index in [1.807, 2.05) is 4.90 Å². The Balaban J connectivity index is 1.27. The maximum absolute atomic E-state index is 13.0. The fourth-order valence-corrected chi connectivity index (χ4v) is 5.59. The van der Waals surface area contributed by atoms with Crippen LogP contribution < -0.4 is 10.2 Å². The molecule has 0 radical (unpaired) electrons. The molecule has 2 aliphatic rings. The zero-order valence-electron chi connectivity index (χ0n) is 17.7. The number of nitriles is 1. The zero-order valence-corrected chi connectivity index (χ0v) is 18.5. The molecule has 0 atom stereocenters. The maximum Gasteiger partial charge on any atom is 0.416 e. The highest BCUT2D eigenvalue weighted by molar-refractivity contribution is 7.16. The van der Waals surface area contributed by atoms with E-state index in [1.165, 1.54) is 28.3 Å². The first kappa shape index (κ1) is 22.6. The summed E-state index contributed by atoms with van der Waals surface area (Å²) in [6.45, 7) is 3.16. The van der Waals surface area contributed by atoms with Crippen molar-refractivity contribution >= 4 is 27.9 Å². The van der Waals surface area contributed by atoms with Gasteiger partial charge in [0.05, 0.1) is 11.1 Å². The summed E-state index contributed by atoms with van der Waals surface area (Å²) in [7, 11) is 0. The second-order valence-corrected chi connectivity index (χ2v) is 9.31. The number of halogens is 3. The Kier molecular flexibility index (Phi) is 6.72. The molecule has 9 heteroatoms. The summed E-state index contributed by atoms with van der Waals surface area (Å²) in [6, 6.07) is 7.67. The molecule has 0 spiro atoms. The number of piperazine rings is 1. The predicted octanol–water partition coefficient (Wildman–Crippen LogP) is 4.67. The van der Waals surface area contributed by atoms with E-state index in [0.717, 1.165) is 37.3 Å². The van der Waals surface area contributed by atoms with E-state index in [2.05, 4.69) is 16.3 Å². The van der Waals surface area contributed by atoms with E-state index >= 15 is 0 Å². The summed E-state index contributed by atoms with van der Waals surface area (Å²) in [6.07, 6.45) is 0.0490. The third-order valence-corrected chi connectivity index (χ3v) is 7.31. The molecule has 1 aliphatic carbocycles. The Hall–Kier alpha value is -2.57. The van der Waals surface area contributed by atoms with E-state index in [9.17, 15) is 23.2 Å². The third kappa shape index (κ3) is 5.08. The van der Waals surface area contributed by atoms with Crippen molar-refractivity contribution in [2.75, 3.05) is 42.9 Å². The number of rotatable bonds is 5. The Bertz CT molecular complexity index is 1020. The van der Waals surface area contributed by atoms with Crippen molar-refractivity contribution in [3.05, 3.63) is 45.8 Å². The second kappa shape index (κ2) is 9.51. The van der Waals surface area contributed by atoms with Crippen LogP contribution in [0.25, 0.3) is 0 Å². The minimum Gasteiger partial charge on any atom is -0.369 e. The first-order chi connectivity index (χ1) is 15.3. The summed E-state index contributed by atoms with van der Waals surface area (Å²) >= 11 is 1.52.